The maximum absolute atomic E-state index is 12.3. The summed E-state index contributed by atoms with van der Waals surface area (Å²) in [5.41, 5.74) is 5.33. The van der Waals surface area contributed by atoms with Gasteiger partial charge < -0.3 is 4.90 Å². The van der Waals surface area contributed by atoms with E-state index in [1.54, 1.807) is 12.2 Å². The molecule has 0 amide bonds. The van der Waals surface area contributed by atoms with E-state index in [-0.39, 0.29) is 11.4 Å². The Morgan fingerprint density at radius 1 is 0.900 bits per heavy atom. The second-order valence-electron chi connectivity index (χ2n) is 8.68. The van der Waals surface area contributed by atoms with Gasteiger partial charge in [0.2, 0.25) is 0 Å². The van der Waals surface area contributed by atoms with Crippen LogP contribution >= 0.6 is 0 Å². The van der Waals surface area contributed by atoms with Crippen LogP contribution in [0.3, 0.4) is 0 Å². The zero-order valence-electron chi connectivity index (χ0n) is 16.9. The maximum Gasteiger partial charge on any atom is 0.180 e. The van der Waals surface area contributed by atoms with Crippen LogP contribution in [0.25, 0.3) is 5.70 Å². The van der Waals surface area contributed by atoms with Crippen molar-refractivity contribution in [3.8, 4) is 0 Å². The van der Waals surface area contributed by atoms with Crippen molar-refractivity contribution < 1.29 is 4.79 Å². The Labute approximate surface area is 177 Å². The van der Waals surface area contributed by atoms with E-state index >= 15 is 0 Å². The van der Waals surface area contributed by atoms with Crippen LogP contribution in [0.1, 0.15) is 42.7 Å². The molecule has 2 heterocycles. The molecule has 0 N–H and O–H groups in total. The lowest BCUT2D eigenvalue weighted by molar-refractivity contribution is -0.110. The number of carbonyl (C=O) groups excluding carboxylic acids is 1. The number of aliphatic imine (C=N–C) groups is 1. The molecule has 3 heteroatoms. The third kappa shape index (κ3) is 2.51. The van der Waals surface area contributed by atoms with Crippen molar-refractivity contribution >= 4 is 17.2 Å². The van der Waals surface area contributed by atoms with Crippen molar-refractivity contribution in [1.82, 2.24) is 4.90 Å². The molecule has 1 saturated carbocycles. The van der Waals surface area contributed by atoms with Gasteiger partial charge in [0.15, 0.2) is 5.78 Å². The molecule has 3 atom stereocenters. The minimum absolute atomic E-state index is 0.0472. The van der Waals surface area contributed by atoms with Crippen LogP contribution in [0, 0.1) is 5.92 Å². The number of nitrogens with zero attached hydrogens (tertiary/aromatic N) is 2. The Morgan fingerprint density at radius 2 is 1.67 bits per heavy atom. The van der Waals surface area contributed by atoms with Crippen LogP contribution in [0.4, 0.5) is 0 Å². The van der Waals surface area contributed by atoms with E-state index in [4.69, 9.17) is 4.99 Å². The predicted molar refractivity (Wildman–Crippen MR) is 120 cm³/mol. The van der Waals surface area contributed by atoms with Gasteiger partial charge in [0.1, 0.15) is 5.66 Å². The van der Waals surface area contributed by atoms with E-state index in [0.717, 1.165) is 30.7 Å². The number of hydrogen-bond donors (Lipinski definition) is 0. The fraction of sp³-hybridized carbons (Fsp3) is 0.259. The number of benzene rings is 2. The molecule has 3 nitrogen and oxygen atoms in total. The number of allylic oxidation sites excluding steroid dienone is 4. The normalized spacial score (nSPS) is 29.4. The molecule has 2 aliphatic heterocycles. The Morgan fingerprint density at radius 3 is 2.47 bits per heavy atom. The zero-order valence-corrected chi connectivity index (χ0v) is 16.9. The van der Waals surface area contributed by atoms with Crippen LogP contribution < -0.4 is 0 Å². The van der Waals surface area contributed by atoms with Gasteiger partial charge in [0, 0.05) is 23.6 Å². The van der Waals surface area contributed by atoms with Crippen molar-refractivity contribution in [3.63, 3.8) is 0 Å². The minimum Gasteiger partial charge on any atom is -0.313 e. The second kappa shape index (κ2) is 6.66. The van der Waals surface area contributed by atoms with Crippen LogP contribution in [0.5, 0.6) is 0 Å². The molecule has 1 spiro atoms. The highest BCUT2D eigenvalue weighted by molar-refractivity contribution is 6.21. The van der Waals surface area contributed by atoms with Gasteiger partial charge in [-0.25, -0.2) is 0 Å². The van der Waals surface area contributed by atoms with E-state index in [1.807, 2.05) is 6.08 Å². The van der Waals surface area contributed by atoms with Gasteiger partial charge in [0.25, 0.3) is 0 Å². The van der Waals surface area contributed by atoms with Crippen LogP contribution in [0.15, 0.2) is 95.7 Å². The van der Waals surface area contributed by atoms with Gasteiger partial charge in [-0.3, -0.25) is 9.79 Å². The molecule has 0 unspecified atom stereocenters. The number of hydrogen-bond acceptors (Lipinski definition) is 3. The molecule has 0 aromatic heterocycles. The molecule has 0 radical (unpaired) electrons. The standard InChI is InChI=1S/C27H24N2O/c30-21-14-15-24-26(17-21)29-25(20-11-5-2-6-12-20)18-22(19-9-3-1-4-10-19)23-13-7-8-16-27(23,29)28-24/h1-6,9-12,14-15,17-18,22-23H,7-8,13,16H2/t22-,23-,27+/m0/s1. The summed E-state index contributed by atoms with van der Waals surface area (Å²) >= 11 is 0. The monoisotopic (exact) mass is 392 g/mol. The Balaban J connectivity index is 1.61. The van der Waals surface area contributed by atoms with E-state index < -0.39 is 0 Å². The fourth-order valence-electron chi connectivity index (χ4n) is 5.83. The number of fused-ring (bicyclic) bond motifs is 2. The summed E-state index contributed by atoms with van der Waals surface area (Å²) in [6, 6.07) is 21.4. The van der Waals surface area contributed by atoms with Crippen molar-refractivity contribution in [2.75, 3.05) is 0 Å². The maximum atomic E-state index is 12.3. The van der Waals surface area contributed by atoms with E-state index in [0.29, 0.717) is 11.8 Å². The summed E-state index contributed by atoms with van der Waals surface area (Å²) in [5.74, 6) is 0.748. The van der Waals surface area contributed by atoms with Crippen molar-refractivity contribution in [2.24, 2.45) is 10.9 Å². The topological polar surface area (TPSA) is 32.7 Å². The Kier molecular flexibility index (Phi) is 3.92. The number of rotatable bonds is 2. The zero-order chi connectivity index (χ0) is 20.1. The molecule has 2 aromatic rings. The Bertz CT molecular complexity index is 1130. The summed E-state index contributed by atoms with van der Waals surface area (Å²) in [6.45, 7) is 0. The van der Waals surface area contributed by atoms with Gasteiger partial charge in [-0.15, -0.1) is 0 Å². The average molecular weight is 393 g/mol. The third-order valence-corrected chi connectivity index (χ3v) is 7.06. The highest BCUT2D eigenvalue weighted by Gasteiger charge is 2.56. The van der Waals surface area contributed by atoms with E-state index in [9.17, 15) is 4.79 Å². The highest BCUT2D eigenvalue weighted by atomic mass is 16.1. The molecule has 30 heavy (non-hydrogen) atoms. The molecule has 0 saturated heterocycles. The summed E-state index contributed by atoms with van der Waals surface area (Å²) in [6.07, 6.45) is 12.3. The van der Waals surface area contributed by atoms with Crippen molar-refractivity contribution in [1.29, 1.82) is 0 Å². The van der Waals surface area contributed by atoms with Crippen molar-refractivity contribution in [2.45, 2.75) is 37.3 Å². The van der Waals surface area contributed by atoms with Gasteiger partial charge >= 0.3 is 0 Å². The number of ketones is 1. The first-order chi connectivity index (χ1) is 14.8. The van der Waals surface area contributed by atoms with Gasteiger partial charge in [0.05, 0.1) is 11.4 Å². The molecule has 2 aliphatic carbocycles. The predicted octanol–water partition coefficient (Wildman–Crippen LogP) is 5.49. The SMILES string of the molecule is O=C1C=CC2=N[C@@]34CCCC[C@H]3[C@H](c3ccccc3)C=C(c3ccccc3)N4C2=C1. The smallest absolute Gasteiger partial charge is 0.180 e. The molecule has 4 aliphatic rings. The molecular formula is C27H24N2O. The van der Waals surface area contributed by atoms with Crippen LogP contribution in [0.2, 0.25) is 0 Å². The Hall–Kier alpha value is -3.20. The minimum atomic E-state index is -0.311. The van der Waals surface area contributed by atoms with E-state index in [1.165, 1.54) is 23.2 Å². The average Bonchev–Trinajstić information content (AvgIpc) is 3.12. The third-order valence-electron chi connectivity index (χ3n) is 7.06. The molecule has 2 aromatic carbocycles. The largest absolute Gasteiger partial charge is 0.313 e. The second-order valence-corrected chi connectivity index (χ2v) is 8.68. The lowest BCUT2D eigenvalue weighted by Gasteiger charge is -2.53. The summed E-state index contributed by atoms with van der Waals surface area (Å²) in [7, 11) is 0. The molecule has 1 fully saturated rings. The molecule has 6 rings (SSSR count). The van der Waals surface area contributed by atoms with Gasteiger partial charge in [-0.05, 0) is 42.5 Å². The quantitative estimate of drug-likeness (QED) is 0.633. The summed E-state index contributed by atoms with van der Waals surface area (Å²) in [4.78, 5) is 20.1. The van der Waals surface area contributed by atoms with Crippen molar-refractivity contribution in [3.05, 3.63) is 102 Å². The first-order valence-electron chi connectivity index (χ1n) is 10.9. The highest BCUT2D eigenvalue weighted by Crippen LogP contribution is 2.57. The molecular weight excluding hydrogens is 368 g/mol. The number of carbonyl (C=O) groups is 1. The van der Waals surface area contributed by atoms with Gasteiger partial charge in [-0.2, -0.15) is 0 Å². The summed E-state index contributed by atoms with van der Waals surface area (Å²) in [5, 5.41) is 0. The van der Waals surface area contributed by atoms with Gasteiger partial charge in [-0.1, -0.05) is 73.2 Å². The lowest BCUT2D eigenvalue weighted by atomic mass is 9.66. The fourth-order valence-corrected chi connectivity index (χ4v) is 5.83. The summed E-state index contributed by atoms with van der Waals surface area (Å²) < 4.78 is 0. The molecule has 148 valence electrons. The first kappa shape index (κ1) is 17.6. The van der Waals surface area contributed by atoms with Crippen LogP contribution in [-0.4, -0.2) is 22.1 Å². The van der Waals surface area contributed by atoms with Crippen LogP contribution in [-0.2, 0) is 4.79 Å². The first-order valence-corrected chi connectivity index (χ1v) is 10.9. The lowest BCUT2D eigenvalue weighted by Crippen LogP contribution is -2.54. The van der Waals surface area contributed by atoms with E-state index in [2.05, 4.69) is 71.6 Å². The molecule has 0 bridgehead atoms.